The summed E-state index contributed by atoms with van der Waals surface area (Å²) in [6.07, 6.45) is 7.06. The summed E-state index contributed by atoms with van der Waals surface area (Å²) in [6.45, 7) is 3.66. The molecule has 2 aliphatic heterocycles. The predicted octanol–water partition coefficient (Wildman–Crippen LogP) is 1.86. The summed E-state index contributed by atoms with van der Waals surface area (Å²) in [5.74, 6) is 0.153. The molecule has 2 unspecified atom stereocenters. The molecular weight excluding hydrogens is 390 g/mol. The first-order valence-electron chi connectivity index (χ1n) is 9.55. The number of carbonyl (C=O) groups excluding carboxylic acids is 2. The molecule has 1 aromatic heterocycles. The summed E-state index contributed by atoms with van der Waals surface area (Å²) in [4.78, 5) is 38.2. The SMILES string of the molecule is CC(=O)N1Cc2cc([S+](C)[O-])ccc2C1C(=O)Nc1cnc(N2CCCC2)nc1. The molecule has 2 atom stereocenters. The van der Waals surface area contributed by atoms with Crippen molar-refractivity contribution >= 4 is 34.6 Å². The van der Waals surface area contributed by atoms with E-state index in [9.17, 15) is 14.1 Å². The normalized spacial score (nSPS) is 19.2. The van der Waals surface area contributed by atoms with Gasteiger partial charge in [0.25, 0.3) is 5.91 Å². The summed E-state index contributed by atoms with van der Waals surface area (Å²) in [7, 11) is 0. The molecule has 2 aromatic rings. The Hall–Kier alpha value is -2.65. The Balaban J connectivity index is 1.54. The Morgan fingerprint density at radius 1 is 1.21 bits per heavy atom. The second kappa shape index (κ2) is 8.00. The van der Waals surface area contributed by atoms with Crippen molar-refractivity contribution in [3.8, 4) is 0 Å². The van der Waals surface area contributed by atoms with E-state index in [2.05, 4.69) is 20.2 Å². The van der Waals surface area contributed by atoms with Gasteiger partial charge in [-0.15, -0.1) is 0 Å². The van der Waals surface area contributed by atoms with Crippen LogP contribution in [-0.2, 0) is 27.3 Å². The first-order valence-corrected chi connectivity index (χ1v) is 11.1. The van der Waals surface area contributed by atoms with E-state index in [0.717, 1.165) is 37.1 Å². The van der Waals surface area contributed by atoms with Crippen LogP contribution in [0.15, 0.2) is 35.5 Å². The lowest BCUT2D eigenvalue weighted by molar-refractivity contribution is -0.136. The molecule has 2 amide bonds. The quantitative estimate of drug-likeness (QED) is 0.768. The summed E-state index contributed by atoms with van der Waals surface area (Å²) in [5.41, 5.74) is 2.08. The van der Waals surface area contributed by atoms with Crippen molar-refractivity contribution in [2.24, 2.45) is 0 Å². The van der Waals surface area contributed by atoms with E-state index in [0.29, 0.717) is 23.1 Å². The van der Waals surface area contributed by atoms with Gasteiger partial charge in [-0.1, -0.05) is 6.07 Å². The maximum Gasteiger partial charge on any atom is 0.251 e. The molecule has 2 aliphatic rings. The van der Waals surface area contributed by atoms with Gasteiger partial charge in [-0.05, 0) is 47.3 Å². The van der Waals surface area contributed by atoms with Crippen LogP contribution in [0.1, 0.15) is 36.9 Å². The topological polar surface area (TPSA) is 101 Å². The third kappa shape index (κ3) is 3.92. The van der Waals surface area contributed by atoms with Crippen molar-refractivity contribution in [3.63, 3.8) is 0 Å². The maximum atomic E-state index is 13.0. The van der Waals surface area contributed by atoms with Crippen molar-refractivity contribution in [3.05, 3.63) is 41.7 Å². The average Bonchev–Trinajstić information content (AvgIpc) is 3.36. The third-order valence-corrected chi connectivity index (χ3v) is 6.26. The zero-order valence-electron chi connectivity index (χ0n) is 16.4. The van der Waals surface area contributed by atoms with Crippen LogP contribution in [0, 0.1) is 0 Å². The summed E-state index contributed by atoms with van der Waals surface area (Å²) < 4.78 is 11.8. The standard InChI is InChI=1S/C20H23N5O3S/c1-13(26)25-12-14-9-16(29(2)28)5-6-17(14)18(25)19(27)23-15-10-21-20(22-11-15)24-7-3-4-8-24/h5-6,9-11,18H,3-4,7-8,12H2,1-2H3,(H,23,27). The summed E-state index contributed by atoms with van der Waals surface area (Å²) >= 11 is -1.12. The monoisotopic (exact) mass is 413 g/mol. The molecule has 1 aromatic carbocycles. The molecule has 0 saturated carbocycles. The number of nitrogens with zero attached hydrogens (tertiary/aromatic N) is 4. The minimum Gasteiger partial charge on any atom is -0.612 e. The van der Waals surface area contributed by atoms with Crippen LogP contribution in [-0.4, -0.2) is 50.6 Å². The Morgan fingerprint density at radius 2 is 1.90 bits per heavy atom. The number of hydrogen-bond donors (Lipinski definition) is 1. The highest BCUT2D eigenvalue weighted by Crippen LogP contribution is 2.36. The second-order valence-corrected chi connectivity index (χ2v) is 8.70. The molecule has 9 heteroatoms. The minimum atomic E-state index is -1.12. The molecule has 29 heavy (non-hydrogen) atoms. The number of amides is 2. The minimum absolute atomic E-state index is 0.193. The molecule has 152 valence electrons. The van der Waals surface area contributed by atoms with Crippen LogP contribution < -0.4 is 10.2 Å². The van der Waals surface area contributed by atoms with Crippen molar-refractivity contribution in [2.75, 3.05) is 29.6 Å². The Morgan fingerprint density at radius 3 is 2.52 bits per heavy atom. The Kier molecular flexibility index (Phi) is 5.42. The van der Waals surface area contributed by atoms with Gasteiger partial charge in [0.1, 0.15) is 12.3 Å². The third-order valence-electron chi connectivity index (χ3n) is 5.34. The lowest BCUT2D eigenvalue weighted by Gasteiger charge is -2.23. The average molecular weight is 414 g/mol. The smallest absolute Gasteiger partial charge is 0.251 e. The number of fused-ring (bicyclic) bond motifs is 1. The van der Waals surface area contributed by atoms with E-state index < -0.39 is 17.2 Å². The summed E-state index contributed by atoms with van der Waals surface area (Å²) in [6, 6.07) is 4.60. The van der Waals surface area contributed by atoms with E-state index in [-0.39, 0.29) is 11.8 Å². The largest absolute Gasteiger partial charge is 0.612 e. The predicted molar refractivity (Wildman–Crippen MR) is 110 cm³/mol. The van der Waals surface area contributed by atoms with Gasteiger partial charge >= 0.3 is 0 Å². The van der Waals surface area contributed by atoms with Gasteiger partial charge in [0, 0.05) is 26.6 Å². The molecule has 8 nitrogen and oxygen atoms in total. The van der Waals surface area contributed by atoms with Crippen LogP contribution in [0.5, 0.6) is 0 Å². The van der Waals surface area contributed by atoms with E-state index >= 15 is 0 Å². The van der Waals surface area contributed by atoms with Crippen molar-refractivity contribution in [1.82, 2.24) is 14.9 Å². The molecule has 0 spiro atoms. The molecule has 1 N–H and O–H groups in total. The molecule has 1 saturated heterocycles. The second-order valence-electron chi connectivity index (χ2n) is 7.32. The number of carbonyl (C=O) groups is 2. The molecule has 3 heterocycles. The van der Waals surface area contributed by atoms with Gasteiger partial charge in [0.05, 0.1) is 18.1 Å². The first kappa shape index (κ1) is 19.7. The number of rotatable bonds is 4. The first-order chi connectivity index (χ1) is 13.9. The molecular formula is C20H23N5O3S. The van der Waals surface area contributed by atoms with Crippen molar-refractivity contribution < 1.29 is 14.1 Å². The lowest BCUT2D eigenvalue weighted by atomic mass is 10.0. The van der Waals surface area contributed by atoms with Crippen LogP contribution in [0.4, 0.5) is 11.6 Å². The zero-order valence-corrected chi connectivity index (χ0v) is 17.2. The fourth-order valence-corrected chi connectivity index (χ4v) is 4.43. The van der Waals surface area contributed by atoms with Gasteiger partial charge in [-0.25, -0.2) is 9.97 Å². The van der Waals surface area contributed by atoms with E-state index in [1.807, 2.05) is 6.07 Å². The van der Waals surface area contributed by atoms with Crippen molar-refractivity contribution in [1.29, 1.82) is 0 Å². The molecule has 1 fully saturated rings. The highest BCUT2D eigenvalue weighted by atomic mass is 32.2. The van der Waals surface area contributed by atoms with Crippen LogP contribution in [0.3, 0.4) is 0 Å². The van der Waals surface area contributed by atoms with Crippen LogP contribution >= 0.6 is 0 Å². The number of nitrogens with one attached hydrogen (secondary N) is 1. The van der Waals surface area contributed by atoms with Gasteiger partial charge in [-0.2, -0.15) is 0 Å². The summed E-state index contributed by atoms with van der Waals surface area (Å²) in [5, 5.41) is 2.83. The number of benzene rings is 1. The fourth-order valence-electron chi connectivity index (χ4n) is 3.86. The van der Waals surface area contributed by atoms with Gasteiger partial charge < -0.3 is 19.7 Å². The van der Waals surface area contributed by atoms with E-state index in [4.69, 9.17) is 0 Å². The highest BCUT2D eigenvalue weighted by molar-refractivity contribution is 7.90. The van der Waals surface area contributed by atoms with E-state index in [1.54, 1.807) is 30.8 Å². The van der Waals surface area contributed by atoms with E-state index in [1.165, 1.54) is 11.8 Å². The number of hydrogen-bond acceptors (Lipinski definition) is 6. The molecule has 0 aliphatic carbocycles. The molecule has 0 radical (unpaired) electrons. The van der Waals surface area contributed by atoms with Gasteiger partial charge in [0.15, 0.2) is 4.90 Å². The fraction of sp³-hybridized carbons (Fsp3) is 0.400. The highest BCUT2D eigenvalue weighted by Gasteiger charge is 2.37. The van der Waals surface area contributed by atoms with Crippen molar-refractivity contribution in [2.45, 2.75) is 37.2 Å². The van der Waals surface area contributed by atoms with Gasteiger partial charge in [0.2, 0.25) is 11.9 Å². The number of anilines is 2. The van der Waals surface area contributed by atoms with Crippen LogP contribution in [0.25, 0.3) is 0 Å². The van der Waals surface area contributed by atoms with Gasteiger partial charge in [-0.3, -0.25) is 9.59 Å². The molecule has 0 bridgehead atoms. The van der Waals surface area contributed by atoms with Crippen LogP contribution in [0.2, 0.25) is 0 Å². The number of aromatic nitrogens is 2. The molecule has 4 rings (SSSR count). The Bertz CT molecular complexity index is 928. The maximum absolute atomic E-state index is 13.0. The lowest BCUT2D eigenvalue weighted by Crippen LogP contribution is -2.35. The Labute approximate surface area is 172 Å². The zero-order chi connectivity index (χ0) is 20.5.